The van der Waals surface area contributed by atoms with Crippen molar-refractivity contribution in [1.82, 2.24) is 9.55 Å². The molecule has 2 aromatic heterocycles. The number of nitrogens with two attached hydrogens (primary N) is 1. The lowest BCUT2D eigenvalue weighted by Crippen LogP contribution is -1.94. The number of aryl methyl sites for hydroxylation is 2. The van der Waals surface area contributed by atoms with Crippen LogP contribution in [0.2, 0.25) is 0 Å². The van der Waals surface area contributed by atoms with Gasteiger partial charge in [-0.1, -0.05) is 0 Å². The van der Waals surface area contributed by atoms with Crippen molar-refractivity contribution < 1.29 is 0 Å². The third kappa shape index (κ3) is 1.21. The van der Waals surface area contributed by atoms with Gasteiger partial charge in [-0.25, -0.2) is 4.98 Å². The van der Waals surface area contributed by atoms with Crippen LogP contribution in [0.4, 0.5) is 0 Å². The van der Waals surface area contributed by atoms with Crippen LogP contribution in [0.5, 0.6) is 0 Å². The zero-order chi connectivity index (χ0) is 9.42. The Morgan fingerprint density at radius 2 is 2.23 bits per heavy atom. The second-order valence-corrected chi connectivity index (χ2v) is 3.29. The summed E-state index contributed by atoms with van der Waals surface area (Å²) in [7, 11) is 1.99. The van der Waals surface area contributed by atoms with E-state index in [-0.39, 0.29) is 0 Å². The molecule has 3 heteroatoms. The fourth-order valence-corrected chi connectivity index (χ4v) is 1.59. The number of fused-ring (bicyclic) bond motifs is 1. The molecule has 0 aliphatic heterocycles. The fraction of sp³-hybridized carbons (Fsp3) is 0.300. The SMILES string of the molecule is Cc1ccc2c(CN)cn(C)c2n1. The Morgan fingerprint density at radius 1 is 1.46 bits per heavy atom. The average Bonchev–Trinajstić information content (AvgIpc) is 2.43. The minimum Gasteiger partial charge on any atom is -0.335 e. The second kappa shape index (κ2) is 2.85. The van der Waals surface area contributed by atoms with E-state index in [0.717, 1.165) is 22.3 Å². The molecule has 0 saturated carbocycles. The van der Waals surface area contributed by atoms with Crippen LogP contribution >= 0.6 is 0 Å². The summed E-state index contributed by atoms with van der Waals surface area (Å²) in [5.41, 5.74) is 8.84. The molecule has 0 aliphatic carbocycles. The van der Waals surface area contributed by atoms with Crippen molar-refractivity contribution in [3.8, 4) is 0 Å². The lowest BCUT2D eigenvalue weighted by atomic mass is 10.2. The molecule has 0 atom stereocenters. The Balaban J connectivity index is 2.80. The molecule has 13 heavy (non-hydrogen) atoms. The Bertz CT molecular complexity index is 443. The van der Waals surface area contributed by atoms with Gasteiger partial charge in [-0.05, 0) is 24.6 Å². The highest BCUT2D eigenvalue weighted by Gasteiger charge is 2.05. The number of nitrogens with zero attached hydrogens (tertiary/aromatic N) is 2. The predicted octanol–water partition coefficient (Wildman–Crippen LogP) is 1.34. The van der Waals surface area contributed by atoms with Crippen molar-refractivity contribution in [2.45, 2.75) is 13.5 Å². The van der Waals surface area contributed by atoms with Gasteiger partial charge in [0.25, 0.3) is 0 Å². The topological polar surface area (TPSA) is 43.8 Å². The summed E-state index contributed by atoms with van der Waals surface area (Å²) in [6.07, 6.45) is 2.04. The van der Waals surface area contributed by atoms with Crippen molar-refractivity contribution in [3.05, 3.63) is 29.6 Å². The van der Waals surface area contributed by atoms with E-state index in [1.807, 2.05) is 30.8 Å². The maximum absolute atomic E-state index is 5.63. The van der Waals surface area contributed by atoms with Crippen molar-refractivity contribution >= 4 is 11.0 Å². The molecule has 0 aromatic carbocycles. The summed E-state index contributed by atoms with van der Waals surface area (Å²) < 4.78 is 2.02. The van der Waals surface area contributed by atoms with Crippen LogP contribution in [0.15, 0.2) is 18.3 Å². The second-order valence-electron chi connectivity index (χ2n) is 3.29. The van der Waals surface area contributed by atoms with E-state index in [1.165, 1.54) is 0 Å². The minimum absolute atomic E-state index is 0.572. The van der Waals surface area contributed by atoms with Crippen LogP contribution in [-0.2, 0) is 13.6 Å². The molecule has 2 rings (SSSR count). The molecule has 68 valence electrons. The first-order chi connectivity index (χ1) is 6.22. The van der Waals surface area contributed by atoms with E-state index < -0.39 is 0 Å². The molecule has 0 bridgehead atoms. The molecule has 0 fully saturated rings. The first-order valence-electron chi connectivity index (χ1n) is 4.34. The molecule has 2 N–H and O–H groups in total. The highest BCUT2D eigenvalue weighted by molar-refractivity contribution is 5.80. The summed E-state index contributed by atoms with van der Waals surface area (Å²) in [6.45, 7) is 2.57. The number of aromatic nitrogens is 2. The van der Waals surface area contributed by atoms with Gasteiger partial charge in [-0.15, -0.1) is 0 Å². The van der Waals surface area contributed by atoms with E-state index in [4.69, 9.17) is 5.73 Å². The van der Waals surface area contributed by atoms with Crippen LogP contribution in [0.3, 0.4) is 0 Å². The average molecular weight is 175 g/mol. The van der Waals surface area contributed by atoms with E-state index in [0.29, 0.717) is 6.54 Å². The molecule has 3 nitrogen and oxygen atoms in total. The Hall–Kier alpha value is -1.35. The highest BCUT2D eigenvalue weighted by atomic mass is 15.0. The van der Waals surface area contributed by atoms with Gasteiger partial charge in [0.05, 0.1) is 0 Å². The minimum atomic E-state index is 0.572. The largest absolute Gasteiger partial charge is 0.335 e. The highest BCUT2D eigenvalue weighted by Crippen LogP contribution is 2.18. The molecule has 0 amide bonds. The van der Waals surface area contributed by atoms with Gasteiger partial charge in [-0.2, -0.15) is 0 Å². The fourth-order valence-electron chi connectivity index (χ4n) is 1.59. The Labute approximate surface area is 77.2 Å². The number of pyridine rings is 1. The van der Waals surface area contributed by atoms with Gasteiger partial charge >= 0.3 is 0 Å². The van der Waals surface area contributed by atoms with Crippen molar-refractivity contribution in [1.29, 1.82) is 0 Å². The van der Waals surface area contributed by atoms with E-state index in [9.17, 15) is 0 Å². The van der Waals surface area contributed by atoms with E-state index in [2.05, 4.69) is 11.1 Å². The molecular formula is C10H13N3. The Kier molecular flexibility index (Phi) is 1.81. The van der Waals surface area contributed by atoms with Gasteiger partial charge in [0.1, 0.15) is 5.65 Å². The van der Waals surface area contributed by atoms with Gasteiger partial charge in [-0.3, -0.25) is 0 Å². The zero-order valence-electron chi connectivity index (χ0n) is 7.91. The summed E-state index contributed by atoms with van der Waals surface area (Å²) in [5.74, 6) is 0. The van der Waals surface area contributed by atoms with Crippen LogP contribution in [0.1, 0.15) is 11.3 Å². The van der Waals surface area contributed by atoms with Crippen LogP contribution in [-0.4, -0.2) is 9.55 Å². The van der Waals surface area contributed by atoms with E-state index >= 15 is 0 Å². The molecule has 0 unspecified atom stereocenters. The van der Waals surface area contributed by atoms with Crippen LogP contribution in [0.25, 0.3) is 11.0 Å². The molecule has 0 aliphatic rings. The lowest BCUT2D eigenvalue weighted by molar-refractivity contribution is 0.929. The molecular weight excluding hydrogens is 162 g/mol. The standard InChI is InChI=1S/C10H13N3/c1-7-3-4-9-8(5-11)6-13(2)10(9)12-7/h3-4,6H,5,11H2,1-2H3. The molecule has 0 saturated heterocycles. The van der Waals surface area contributed by atoms with Gasteiger partial charge < -0.3 is 10.3 Å². The predicted molar refractivity (Wildman–Crippen MR) is 53.3 cm³/mol. The van der Waals surface area contributed by atoms with Gasteiger partial charge in [0.15, 0.2) is 0 Å². The van der Waals surface area contributed by atoms with Gasteiger partial charge in [0.2, 0.25) is 0 Å². The monoisotopic (exact) mass is 175 g/mol. The maximum Gasteiger partial charge on any atom is 0.140 e. The van der Waals surface area contributed by atoms with Crippen molar-refractivity contribution in [3.63, 3.8) is 0 Å². The quantitative estimate of drug-likeness (QED) is 0.710. The smallest absolute Gasteiger partial charge is 0.140 e. The van der Waals surface area contributed by atoms with Crippen LogP contribution in [0, 0.1) is 6.92 Å². The number of hydrogen-bond donors (Lipinski definition) is 1. The first-order valence-corrected chi connectivity index (χ1v) is 4.34. The molecule has 2 aromatic rings. The zero-order valence-corrected chi connectivity index (χ0v) is 7.91. The third-order valence-electron chi connectivity index (χ3n) is 2.26. The summed E-state index contributed by atoms with van der Waals surface area (Å²) in [4.78, 5) is 4.45. The normalized spacial score (nSPS) is 11.0. The van der Waals surface area contributed by atoms with E-state index in [1.54, 1.807) is 0 Å². The first kappa shape index (κ1) is 8.26. The van der Waals surface area contributed by atoms with Crippen molar-refractivity contribution in [2.75, 3.05) is 0 Å². The maximum atomic E-state index is 5.63. The van der Waals surface area contributed by atoms with Crippen LogP contribution < -0.4 is 5.73 Å². The van der Waals surface area contributed by atoms with Crippen molar-refractivity contribution in [2.24, 2.45) is 12.8 Å². The van der Waals surface area contributed by atoms with Gasteiger partial charge in [0, 0.05) is 30.9 Å². The Morgan fingerprint density at radius 3 is 2.92 bits per heavy atom. The lowest BCUT2D eigenvalue weighted by Gasteiger charge is -1.96. The summed E-state index contributed by atoms with van der Waals surface area (Å²) in [5, 5.41) is 1.16. The molecule has 2 heterocycles. The third-order valence-corrected chi connectivity index (χ3v) is 2.26. The number of rotatable bonds is 1. The molecule has 0 radical (unpaired) electrons. The number of hydrogen-bond acceptors (Lipinski definition) is 2. The molecule has 0 spiro atoms. The summed E-state index contributed by atoms with van der Waals surface area (Å²) >= 11 is 0. The summed E-state index contributed by atoms with van der Waals surface area (Å²) in [6, 6.07) is 4.10.